The van der Waals surface area contributed by atoms with Crippen LogP contribution in [0.25, 0.3) is 0 Å². The molecule has 2 atom stereocenters. The number of carbonyl (C=O) groups is 4. The van der Waals surface area contributed by atoms with Crippen molar-refractivity contribution in [3.05, 3.63) is 23.8 Å². The number of ether oxygens (including phenoxy) is 4. The number of nitrogens with two attached hydrogens (primary N) is 1. The molecule has 0 bridgehead atoms. The van der Waals surface area contributed by atoms with Crippen molar-refractivity contribution >= 4 is 24.1 Å². The van der Waals surface area contributed by atoms with E-state index in [9.17, 15) is 24.3 Å². The maximum Gasteiger partial charge on any atom is 0.509 e. The average molecular weight is 496 g/mol. The molecule has 0 aromatic heterocycles. The van der Waals surface area contributed by atoms with Gasteiger partial charge in [0.25, 0.3) is 0 Å². The van der Waals surface area contributed by atoms with Gasteiger partial charge < -0.3 is 29.8 Å². The number of hydrogen-bond acceptors (Lipinski definition) is 9. The zero-order chi connectivity index (χ0) is 26.8. The fourth-order valence-electron chi connectivity index (χ4n) is 3.17. The number of carboxylic acids is 1. The normalized spacial score (nSPS) is 13.8. The van der Waals surface area contributed by atoms with E-state index < -0.39 is 41.3 Å². The van der Waals surface area contributed by atoms with E-state index in [1.54, 1.807) is 20.8 Å². The van der Waals surface area contributed by atoms with Crippen LogP contribution in [0, 0.1) is 0 Å². The molecule has 0 aliphatic heterocycles. The van der Waals surface area contributed by atoms with Gasteiger partial charge in [-0.1, -0.05) is 19.9 Å². The van der Waals surface area contributed by atoms with Crippen molar-refractivity contribution in [2.45, 2.75) is 97.3 Å². The van der Waals surface area contributed by atoms with Crippen LogP contribution in [0.3, 0.4) is 0 Å². The van der Waals surface area contributed by atoms with Crippen molar-refractivity contribution in [2.75, 3.05) is 0 Å². The van der Waals surface area contributed by atoms with Gasteiger partial charge in [-0.05, 0) is 58.2 Å². The van der Waals surface area contributed by atoms with E-state index in [1.807, 2.05) is 13.8 Å². The van der Waals surface area contributed by atoms with Crippen LogP contribution in [0.15, 0.2) is 18.2 Å². The molecule has 10 nitrogen and oxygen atoms in total. The average Bonchev–Trinajstić information content (AvgIpc) is 2.68. The minimum atomic E-state index is -1.81. The lowest BCUT2D eigenvalue weighted by Gasteiger charge is -2.28. The van der Waals surface area contributed by atoms with Gasteiger partial charge in [0.1, 0.15) is 17.2 Å². The second-order valence-electron chi connectivity index (χ2n) is 9.46. The molecule has 0 saturated carbocycles. The summed E-state index contributed by atoms with van der Waals surface area (Å²) in [4.78, 5) is 48.0. The molecule has 1 unspecified atom stereocenters. The number of carboxylic acid groups (broad SMARTS) is 1. The van der Waals surface area contributed by atoms with E-state index >= 15 is 0 Å². The summed E-state index contributed by atoms with van der Waals surface area (Å²) in [6, 6.07) is 4.39. The Morgan fingerprint density at radius 2 is 1.51 bits per heavy atom. The molecular weight excluding hydrogens is 458 g/mol. The molecular formula is C25H37NO9. The molecule has 0 aliphatic rings. The molecule has 0 radical (unpaired) electrons. The fraction of sp³-hybridized carbons (Fsp3) is 0.600. The van der Waals surface area contributed by atoms with E-state index in [2.05, 4.69) is 0 Å². The van der Waals surface area contributed by atoms with Gasteiger partial charge >= 0.3 is 24.1 Å². The molecule has 0 aliphatic carbocycles. The van der Waals surface area contributed by atoms with Crippen LogP contribution < -0.4 is 15.2 Å². The predicted molar refractivity (Wildman–Crippen MR) is 127 cm³/mol. The summed E-state index contributed by atoms with van der Waals surface area (Å²) < 4.78 is 20.9. The summed E-state index contributed by atoms with van der Waals surface area (Å²) in [7, 11) is 0. The van der Waals surface area contributed by atoms with Crippen molar-refractivity contribution in [1.29, 1.82) is 0 Å². The Bertz CT molecular complexity index is 907. The summed E-state index contributed by atoms with van der Waals surface area (Å²) in [5, 5.41) is 9.83. The second-order valence-corrected chi connectivity index (χ2v) is 9.46. The summed E-state index contributed by atoms with van der Waals surface area (Å²) in [5.74, 6) is -2.26. The maximum absolute atomic E-state index is 12.1. The van der Waals surface area contributed by atoms with Crippen molar-refractivity contribution in [2.24, 2.45) is 5.73 Å². The first-order valence-electron chi connectivity index (χ1n) is 11.6. The standard InChI is InChI=1S/C25H37NO9/c1-7-9-20(27)33-18-12-11-17(13-19(18)34-21(28)10-8-2)15-25(26,22(29)30)14-16(3)32-23(31)35-24(4,5)6/h11-13,16H,7-10,14-15,26H2,1-6H3,(H,29,30)/t16-,25?/m0/s1. The van der Waals surface area contributed by atoms with Gasteiger partial charge in [0.2, 0.25) is 0 Å². The van der Waals surface area contributed by atoms with Crippen LogP contribution in [0.2, 0.25) is 0 Å². The number of rotatable bonds is 12. The highest BCUT2D eigenvalue weighted by Gasteiger charge is 2.37. The lowest BCUT2D eigenvalue weighted by molar-refractivity contribution is -0.145. The van der Waals surface area contributed by atoms with Crippen LogP contribution in [-0.4, -0.2) is 46.4 Å². The first-order valence-corrected chi connectivity index (χ1v) is 11.6. The van der Waals surface area contributed by atoms with Crippen LogP contribution in [0.1, 0.15) is 79.2 Å². The minimum absolute atomic E-state index is 0.00352. The molecule has 0 spiro atoms. The van der Waals surface area contributed by atoms with Crippen LogP contribution in [0.5, 0.6) is 11.5 Å². The van der Waals surface area contributed by atoms with Crippen LogP contribution in [-0.2, 0) is 30.3 Å². The Morgan fingerprint density at radius 3 is 2.00 bits per heavy atom. The van der Waals surface area contributed by atoms with E-state index in [4.69, 9.17) is 24.7 Å². The van der Waals surface area contributed by atoms with E-state index in [0.29, 0.717) is 18.4 Å². The summed E-state index contributed by atoms with van der Waals surface area (Å²) in [6.45, 7) is 10.2. The number of carbonyl (C=O) groups excluding carboxylic acids is 3. The SMILES string of the molecule is CCCC(=O)Oc1ccc(CC(N)(C[C@H](C)OC(=O)OC(C)(C)C)C(=O)O)cc1OC(=O)CCC. The number of hydrogen-bond donors (Lipinski definition) is 2. The summed E-state index contributed by atoms with van der Waals surface area (Å²) in [6.07, 6.45) is -0.690. The molecule has 35 heavy (non-hydrogen) atoms. The van der Waals surface area contributed by atoms with E-state index in [-0.39, 0.29) is 37.2 Å². The number of aliphatic carboxylic acids is 1. The number of esters is 2. The molecule has 1 aromatic rings. The first-order chi connectivity index (χ1) is 16.2. The quantitative estimate of drug-likeness (QED) is 0.319. The third-order valence-corrected chi connectivity index (χ3v) is 4.65. The van der Waals surface area contributed by atoms with Gasteiger partial charge in [-0.2, -0.15) is 0 Å². The zero-order valence-corrected chi connectivity index (χ0v) is 21.3. The molecule has 0 heterocycles. The smallest absolute Gasteiger partial charge is 0.480 e. The Labute approximate surface area is 206 Å². The third-order valence-electron chi connectivity index (χ3n) is 4.65. The number of benzene rings is 1. The first kappa shape index (κ1) is 29.9. The van der Waals surface area contributed by atoms with E-state index in [1.165, 1.54) is 25.1 Å². The van der Waals surface area contributed by atoms with Gasteiger partial charge in [0.05, 0.1) is 0 Å². The maximum atomic E-state index is 12.1. The van der Waals surface area contributed by atoms with Crippen molar-refractivity contribution in [3.63, 3.8) is 0 Å². The van der Waals surface area contributed by atoms with E-state index in [0.717, 1.165) is 0 Å². The molecule has 1 aromatic carbocycles. The van der Waals surface area contributed by atoms with Crippen LogP contribution in [0.4, 0.5) is 4.79 Å². The summed E-state index contributed by atoms with van der Waals surface area (Å²) in [5.41, 5.74) is 4.05. The van der Waals surface area contributed by atoms with Crippen molar-refractivity contribution < 1.29 is 43.2 Å². The Kier molecular flexibility index (Phi) is 11.2. The van der Waals surface area contributed by atoms with Crippen molar-refractivity contribution in [1.82, 2.24) is 0 Å². The topological polar surface area (TPSA) is 151 Å². The Morgan fingerprint density at radius 1 is 0.971 bits per heavy atom. The van der Waals surface area contributed by atoms with Gasteiger partial charge in [0.15, 0.2) is 11.5 Å². The van der Waals surface area contributed by atoms with Gasteiger partial charge in [-0.25, -0.2) is 4.79 Å². The lowest BCUT2D eigenvalue weighted by Crippen LogP contribution is -2.52. The third kappa shape index (κ3) is 10.8. The molecule has 196 valence electrons. The lowest BCUT2D eigenvalue weighted by atomic mass is 9.86. The zero-order valence-electron chi connectivity index (χ0n) is 21.3. The monoisotopic (exact) mass is 495 g/mol. The highest BCUT2D eigenvalue weighted by atomic mass is 16.7. The molecule has 10 heteroatoms. The van der Waals surface area contributed by atoms with Crippen molar-refractivity contribution in [3.8, 4) is 11.5 Å². The minimum Gasteiger partial charge on any atom is -0.480 e. The molecule has 0 amide bonds. The molecule has 3 N–H and O–H groups in total. The highest BCUT2D eigenvalue weighted by molar-refractivity contribution is 5.79. The van der Waals surface area contributed by atoms with Crippen LogP contribution >= 0.6 is 0 Å². The van der Waals surface area contributed by atoms with Gasteiger partial charge in [-0.15, -0.1) is 0 Å². The van der Waals surface area contributed by atoms with Gasteiger partial charge in [0, 0.05) is 25.7 Å². The second kappa shape index (κ2) is 13.1. The highest BCUT2D eigenvalue weighted by Crippen LogP contribution is 2.31. The molecule has 1 rings (SSSR count). The molecule has 0 saturated heterocycles. The van der Waals surface area contributed by atoms with Gasteiger partial charge in [-0.3, -0.25) is 14.4 Å². The predicted octanol–water partition coefficient (Wildman–Crippen LogP) is 4.15. The summed E-state index contributed by atoms with van der Waals surface area (Å²) >= 11 is 0. The fourth-order valence-corrected chi connectivity index (χ4v) is 3.17. The largest absolute Gasteiger partial charge is 0.509 e. The Balaban J connectivity index is 3.12. The molecule has 0 fully saturated rings. The Hall–Kier alpha value is -3.14.